The number of aryl methyl sites for hydroxylation is 1. The van der Waals surface area contributed by atoms with Crippen LogP contribution in [0.4, 0.5) is 5.13 Å². The van der Waals surface area contributed by atoms with Gasteiger partial charge in [-0.05, 0) is 44.2 Å². The fraction of sp³-hybridized carbons (Fsp3) is 0.222. The third-order valence-corrected chi connectivity index (χ3v) is 4.35. The summed E-state index contributed by atoms with van der Waals surface area (Å²) in [5, 5.41) is 6.99. The molecular formula is C18H19N3O3S. The zero-order chi connectivity index (χ0) is 17.8. The van der Waals surface area contributed by atoms with Crippen LogP contribution in [0.1, 0.15) is 18.4 Å². The maximum atomic E-state index is 5.54. The Morgan fingerprint density at radius 2 is 1.96 bits per heavy atom. The molecule has 0 radical (unpaired) electrons. The lowest BCUT2D eigenvalue weighted by atomic mass is 10.1. The second-order valence-electron chi connectivity index (χ2n) is 5.33. The molecule has 0 unspecified atom stereocenters. The Morgan fingerprint density at radius 3 is 2.64 bits per heavy atom. The van der Waals surface area contributed by atoms with E-state index >= 15 is 0 Å². The minimum Gasteiger partial charge on any atom is -0.493 e. The molecule has 0 atom stereocenters. The summed E-state index contributed by atoms with van der Waals surface area (Å²) in [6, 6.07) is 9.51. The summed E-state index contributed by atoms with van der Waals surface area (Å²) in [5.41, 5.74) is 5.52. The lowest BCUT2D eigenvalue weighted by Gasteiger charge is -2.08. The Balaban J connectivity index is 1.76. The molecule has 2 heterocycles. The van der Waals surface area contributed by atoms with E-state index in [9.17, 15) is 0 Å². The maximum absolute atomic E-state index is 5.54. The topological polar surface area (TPSA) is 68.9 Å². The van der Waals surface area contributed by atoms with Crippen LogP contribution < -0.4 is 14.9 Å². The minimum atomic E-state index is 0.671. The zero-order valence-electron chi connectivity index (χ0n) is 14.5. The van der Waals surface area contributed by atoms with Crippen LogP contribution in [0, 0.1) is 6.92 Å². The highest BCUT2D eigenvalue weighted by Gasteiger charge is 2.09. The van der Waals surface area contributed by atoms with Gasteiger partial charge in [-0.2, -0.15) is 5.10 Å². The van der Waals surface area contributed by atoms with Gasteiger partial charge in [-0.3, -0.25) is 5.43 Å². The Kier molecular flexibility index (Phi) is 5.04. The number of aromatic nitrogens is 1. The number of thiazole rings is 1. The molecular weight excluding hydrogens is 338 g/mol. The number of benzene rings is 1. The first-order valence-electron chi connectivity index (χ1n) is 7.65. The molecule has 0 saturated carbocycles. The Bertz CT molecular complexity index is 899. The molecule has 1 N–H and O–H groups in total. The number of anilines is 1. The van der Waals surface area contributed by atoms with Crippen molar-refractivity contribution in [1.29, 1.82) is 0 Å². The number of methoxy groups -OCH3 is 2. The molecule has 130 valence electrons. The fourth-order valence-electron chi connectivity index (χ4n) is 2.27. The smallest absolute Gasteiger partial charge is 0.203 e. The molecule has 25 heavy (non-hydrogen) atoms. The summed E-state index contributed by atoms with van der Waals surface area (Å²) < 4.78 is 16.1. The summed E-state index contributed by atoms with van der Waals surface area (Å²) in [5.74, 6) is 2.95. The Morgan fingerprint density at radius 1 is 1.16 bits per heavy atom. The van der Waals surface area contributed by atoms with Gasteiger partial charge < -0.3 is 13.9 Å². The van der Waals surface area contributed by atoms with E-state index < -0.39 is 0 Å². The lowest BCUT2D eigenvalue weighted by molar-refractivity contribution is 0.355. The molecule has 0 aliphatic carbocycles. The maximum Gasteiger partial charge on any atom is 0.203 e. The van der Waals surface area contributed by atoms with Crippen LogP contribution in [-0.2, 0) is 0 Å². The van der Waals surface area contributed by atoms with Gasteiger partial charge in [-0.1, -0.05) is 0 Å². The molecule has 0 spiro atoms. The standard InChI is InChI=1S/C18H19N3O3S/c1-11-5-7-15(24-11)12(2)20-21-18-19-14(10-25-18)13-6-8-16(22-3)17(9-13)23-4/h5-10H,1-4H3,(H,19,21). The van der Waals surface area contributed by atoms with Gasteiger partial charge in [-0.15, -0.1) is 11.3 Å². The van der Waals surface area contributed by atoms with Crippen LogP contribution in [0.25, 0.3) is 11.3 Å². The van der Waals surface area contributed by atoms with Crippen molar-refractivity contribution in [1.82, 2.24) is 4.98 Å². The number of hydrogen-bond donors (Lipinski definition) is 1. The molecule has 0 bridgehead atoms. The summed E-state index contributed by atoms with van der Waals surface area (Å²) in [4.78, 5) is 4.56. The molecule has 0 aliphatic rings. The van der Waals surface area contributed by atoms with Crippen LogP contribution in [0.5, 0.6) is 11.5 Å². The van der Waals surface area contributed by atoms with E-state index in [0.29, 0.717) is 16.6 Å². The first-order valence-corrected chi connectivity index (χ1v) is 8.53. The molecule has 3 aromatic rings. The average molecular weight is 357 g/mol. The van der Waals surface area contributed by atoms with Crippen molar-refractivity contribution in [3.05, 3.63) is 47.2 Å². The van der Waals surface area contributed by atoms with Crippen LogP contribution in [-0.4, -0.2) is 24.9 Å². The van der Waals surface area contributed by atoms with E-state index in [-0.39, 0.29) is 0 Å². The van der Waals surface area contributed by atoms with Gasteiger partial charge in [0.15, 0.2) is 11.5 Å². The van der Waals surface area contributed by atoms with Gasteiger partial charge >= 0.3 is 0 Å². The second-order valence-corrected chi connectivity index (χ2v) is 6.19. The van der Waals surface area contributed by atoms with Crippen molar-refractivity contribution in [2.45, 2.75) is 13.8 Å². The van der Waals surface area contributed by atoms with Crippen LogP contribution in [0.15, 0.2) is 45.2 Å². The molecule has 0 fully saturated rings. The summed E-state index contributed by atoms with van der Waals surface area (Å²) in [6.45, 7) is 3.79. The van der Waals surface area contributed by atoms with E-state index in [1.807, 2.05) is 49.6 Å². The monoisotopic (exact) mass is 357 g/mol. The number of nitrogens with one attached hydrogen (secondary N) is 1. The van der Waals surface area contributed by atoms with Crippen molar-refractivity contribution < 1.29 is 13.9 Å². The SMILES string of the molecule is COc1ccc(-c2csc(NN=C(C)c3ccc(C)o3)n2)cc1OC. The van der Waals surface area contributed by atoms with E-state index in [1.165, 1.54) is 11.3 Å². The third kappa shape index (κ3) is 3.83. The average Bonchev–Trinajstić information content (AvgIpc) is 3.28. The predicted molar refractivity (Wildman–Crippen MR) is 99.9 cm³/mol. The number of hydrogen-bond acceptors (Lipinski definition) is 7. The van der Waals surface area contributed by atoms with Crippen LogP contribution >= 0.6 is 11.3 Å². The van der Waals surface area contributed by atoms with Crippen molar-refractivity contribution in [2.75, 3.05) is 19.6 Å². The minimum absolute atomic E-state index is 0.671. The quantitative estimate of drug-likeness (QED) is 0.517. The molecule has 7 heteroatoms. The van der Waals surface area contributed by atoms with Crippen molar-refractivity contribution in [3.8, 4) is 22.8 Å². The van der Waals surface area contributed by atoms with Gasteiger partial charge in [-0.25, -0.2) is 4.98 Å². The first-order chi connectivity index (χ1) is 12.1. The third-order valence-electron chi connectivity index (χ3n) is 3.60. The highest BCUT2D eigenvalue weighted by atomic mass is 32.1. The highest BCUT2D eigenvalue weighted by molar-refractivity contribution is 7.14. The normalized spacial score (nSPS) is 11.4. The summed E-state index contributed by atoms with van der Waals surface area (Å²) >= 11 is 1.48. The second kappa shape index (κ2) is 7.40. The fourth-order valence-corrected chi connectivity index (χ4v) is 2.93. The molecule has 3 rings (SSSR count). The number of hydrazone groups is 1. The summed E-state index contributed by atoms with van der Waals surface area (Å²) in [6.07, 6.45) is 0. The van der Waals surface area contributed by atoms with Crippen molar-refractivity contribution >= 4 is 22.2 Å². The van der Waals surface area contributed by atoms with Gasteiger partial charge in [0.2, 0.25) is 5.13 Å². The Hall–Kier alpha value is -2.80. The van der Waals surface area contributed by atoms with E-state index in [4.69, 9.17) is 13.9 Å². The predicted octanol–water partition coefficient (Wildman–Crippen LogP) is 4.56. The van der Waals surface area contributed by atoms with Gasteiger partial charge in [0.1, 0.15) is 17.2 Å². The first kappa shape index (κ1) is 17.0. The van der Waals surface area contributed by atoms with Gasteiger partial charge in [0.05, 0.1) is 19.9 Å². The van der Waals surface area contributed by atoms with Gasteiger partial charge in [0, 0.05) is 10.9 Å². The number of furan rings is 1. The van der Waals surface area contributed by atoms with Crippen LogP contribution in [0.3, 0.4) is 0 Å². The van der Waals surface area contributed by atoms with E-state index in [0.717, 1.165) is 28.5 Å². The zero-order valence-corrected chi connectivity index (χ0v) is 15.3. The number of ether oxygens (including phenoxy) is 2. The molecule has 2 aromatic heterocycles. The molecule has 6 nitrogen and oxygen atoms in total. The van der Waals surface area contributed by atoms with Gasteiger partial charge in [0.25, 0.3) is 0 Å². The lowest BCUT2D eigenvalue weighted by Crippen LogP contribution is -1.98. The van der Waals surface area contributed by atoms with E-state index in [1.54, 1.807) is 14.2 Å². The summed E-state index contributed by atoms with van der Waals surface area (Å²) in [7, 11) is 3.23. The largest absolute Gasteiger partial charge is 0.493 e. The number of rotatable bonds is 6. The molecule has 0 amide bonds. The van der Waals surface area contributed by atoms with E-state index in [2.05, 4.69) is 15.5 Å². The van der Waals surface area contributed by atoms with Crippen molar-refractivity contribution in [2.24, 2.45) is 5.10 Å². The number of nitrogens with zero attached hydrogens (tertiary/aromatic N) is 2. The molecule has 0 saturated heterocycles. The molecule has 1 aromatic carbocycles. The Labute approximate surface area is 150 Å². The van der Waals surface area contributed by atoms with Crippen molar-refractivity contribution in [3.63, 3.8) is 0 Å². The highest BCUT2D eigenvalue weighted by Crippen LogP contribution is 2.33. The van der Waals surface area contributed by atoms with Crippen LogP contribution in [0.2, 0.25) is 0 Å². The molecule has 0 aliphatic heterocycles.